The molecular weight excluding hydrogens is 423 g/mol. The van der Waals surface area contributed by atoms with Crippen LogP contribution in [-0.2, 0) is 14.3 Å². The maximum atomic E-state index is 11.9. The normalized spacial score (nSPS) is 18.3. The Morgan fingerprint density at radius 2 is 2.17 bits per heavy atom. The van der Waals surface area contributed by atoms with Crippen LogP contribution in [0.5, 0.6) is 0 Å². The average molecular weight is 456 g/mol. The summed E-state index contributed by atoms with van der Waals surface area (Å²) in [5, 5.41) is 3.38. The Kier molecular flexibility index (Phi) is 13.3. The van der Waals surface area contributed by atoms with Gasteiger partial charge in [0.15, 0.2) is 5.96 Å². The molecule has 0 aliphatic carbocycles. The fourth-order valence-corrected chi connectivity index (χ4v) is 2.67. The molecule has 8 heteroatoms. The van der Waals surface area contributed by atoms with Gasteiger partial charge in [-0.2, -0.15) is 0 Å². The number of guanidine groups is 1. The van der Waals surface area contributed by atoms with Crippen molar-refractivity contribution in [2.75, 3.05) is 67.1 Å². The van der Waals surface area contributed by atoms with Crippen LogP contribution in [-0.4, -0.2) is 88.9 Å². The largest absolute Gasteiger partial charge is 0.466 e. The zero-order chi connectivity index (χ0) is 17.1. The standard InChI is InChI=1S/C16H32N4O3.HI/c1-5-23-15(21)14-7-6-9-20(13-14)16(17-2)18-8-10-19(3)11-12-22-4;/h14H,5-13H2,1-4H3,(H,17,18);1H. The molecule has 1 saturated heterocycles. The first kappa shape index (κ1) is 23.4. The molecule has 0 aromatic rings. The molecule has 142 valence electrons. The molecule has 1 aliphatic heterocycles. The molecule has 0 aromatic heterocycles. The molecule has 1 rings (SSSR count). The van der Waals surface area contributed by atoms with Crippen molar-refractivity contribution < 1.29 is 14.3 Å². The van der Waals surface area contributed by atoms with Crippen LogP contribution in [0.1, 0.15) is 19.8 Å². The summed E-state index contributed by atoms with van der Waals surface area (Å²) in [5.41, 5.74) is 0. The number of methoxy groups -OCH3 is 1. The second-order valence-electron chi connectivity index (χ2n) is 5.81. The van der Waals surface area contributed by atoms with Crippen LogP contribution in [0.2, 0.25) is 0 Å². The topological polar surface area (TPSA) is 66.4 Å². The highest BCUT2D eigenvalue weighted by atomic mass is 127. The third-order valence-corrected chi connectivity index (χ3v) is 4.01. The van der Waals surface area contributed by atoms with Crippen LogP contribution < -0.4 is 5.32 Å². The number of carbonyl (C=O) groups is 1. The van der Waals surface area contributed by atoms with Crippen LogP contribution in [0.4, 0.5) is 0 Å². The maximum Gasteiger partial charge on any atom is 0.310 e. The van der Waals surface area contributed by atoms with Crippen LogP contribution in [0.15, 0.2) is 4.99 Å². The number of halogens is 1. The third-order valence-electron chi connectivity index (χ3n) is 4.01. The van der Waals surface area contributed by atoms with Gasteiger partial charge in [0.05, 0.1) is 19.1 Å². The van der Waals surface area contributed by atoms with Gasteiger partial charge in [-0.3, -0.25) is 9.79 Å². The zero-order valence-corrected chi connectivity index (χ0v) is 17.7. The Morgan fingerprint density at radius 3 is 2.79 bits per heavy atom. The van der Waals surface area contributed by atoms with Gasteiger partial charge in [-0.1, -0.05) is 0 Å². The van der Waals surface area contributed by atoms with Crippen molar-refractivity contribution in [2.45, 2.75) is 19.8 Å². The van der Waals surface area contributed by atoms with Crippen LogP contribution >= 0.6 is 24.0 Å². The molecule has 1 aliphatic rings. The van der Waals surface area contributed by atoms with E-state index in [1.165, 1.54) is 0 Å². The lowest BCUT2D eigenvalue weighted by molar-refractivity contribution is -0.149. The van der Waals surface area contributed by atoms with Crippen molar-refractivity contribution >= 4 is 35.9 Å². The number of ether oxygens (including phenoxy) is 2. The average Bonchev–Trinajstić information content (AvgIpc) is 2.57. The number of hydrogen-bond donors (Lipinski definition) is 1. The van der Waals surface area contributed by atoms with E-state index in [1.54, 1.807) is 14.2 Å². The lowest BCUT2D eigenvalue weighted by Gasteiger charge is -2.34. The van der Waals surface area contributed by atoms with Gasteiger partial charge in [-0.25, -0.2) is 0 Å². The number of nitrogens with zero attached hydrogens (tertiary/aromatic N) is 3. The zero-order valence-electron chi connectivity index (χ0n) is 15.4. The van der Waals surface area contributed by atoms with E-state index in [2.05, 4.69) is 27.2 Å². The summed E-state index contributed by atoms with van der Waals surface area (Å²) in [6, 6.07) is 0. The molecule has 0 radical (unpaired) electrons. The Balaban J connectivity index is 0.00000529. The predicted molar refractivity (Wildman–Crippen MR) is 107 cm³/mol. The Bertz CT molecular complexity index is 382. The monoisotopic (exact) mass is 456 g/mol. The van der Waals surface area contributed by atoms with Crippen molar-refractivity contribution in [3.63, 3.8) is 0 Å². The van der Waals surface area contributed by atoms with Crippen LogP contribution in [0, 0.1) is 5.92 Å². The lowest BCUT2D eigenvalue weighted by atomic mass is 9.98. The summed E-state index contributed by atoms with van der Waals surface area (Å²) in [4.78, 5) is 20.6. The van der Waals surface area contributed by atoms with Gasteiger partial charge in [0.2, 0.25) is 0 Å². The molecule has 0 spiro atoms. The summed E-state index contributed by atoms with van der Waals surface area (Å²) < 4.78 is 10.2. The number of hydrogen-bond acceptors (Lipinski definition) is 5. The Labute approximate surface area is 163 Å². The molecule has 7 nitrogen and oxygen atoms in total. The van der Waals surface area contributed by atoms with Gasteiger partial charge in [0.1, 0.15) is 0 Å². The fraction of sp³-hybridized carbons (Fsp3) is 0.875. The SMILES string of the molecule is CCOC(=O)C1CCCN(C(=NC)NCCN(C)CCOC)C1.I. The molecule has 1 heterocycles. The van der Waals surface area contributed by atoms with Crippen molar-refractivity contribution in [3.8, 4) is 0 Å². The maximum absolute atomic E-state index is 11.9. The van der Waals surface area contributed by atoms with Gasteiger partial charge >= 0.3 is 5.97 Å². The smallest absolute Gasteiger partial charge is 0.310 e. The van der Waals surface area contributed by atoms with Gasteiger partial charge < -0.3 is 24.6 Å². The first-order valence-electron chi connectivity index (χ1n) is 8.42. The predicted octanol–water partition coefficient (Wildman–Crippen LogP) is 1.03. The van der Waals surface area contributed by atoms with E-state index in [-0.39, 0.29) is 35.9 Å². The summed E-state index contributed by atoms with van der Waals surface area (Å²) in [5.74, 6) is 0.720. The Hall–Kier alpha value is -0.610. The van der Waals surface area contributed by atoms with Crippen LogP contribution in [0.25, 0.3) is 0 Å². The van der Waals surface area contributed by atoms with E-state index < -0.39 is 0 Å². The highest BCUT2D eigenvalue weighted by Crippen LogP contribution is 2.17. The van der Waals surface area contributed by atoms with Crippen molar-refractivity contribution in [2.24, 2.45) is 10.9 Å². The summed E-state index contributed by atoms with van der Waals surface area (Å²) in [7, 11) is 5.57. The Morgan fingerprint density at radius 1 is 1.42 bits per heavy atom. The molecular formula is C16H33IN4O3. The quantitative estimate of drug-likeness (QED) is 0.255. The highest BCUT2D eigenvalue weighted by Gasteiger charge is 2.28. The number of aliphatic imine (C=N–C) groups is 1. The van der Waals surface area contributed by atoms with Gasteiger partial charge in [0, 0.05) is 46.9 Å². The minimum atomic E-state index is -0.0908. The molecule has 24 heavy (non-hydrogen) atoms. The number of likely N-dealkylation sites (tertiary alicyclic amines) is 1. The number of esters is 1. The summed E-state index contributed by atoms with van der Waals surface area (Å²) in [6.07, 6.45) is 1.88. The molecule has 1 N–H and O–H groups in total. The number of piperidine rings is 1. The molecule has 0 amide bonds. The fourth-order valence-electron chi connectivity index (χ4n) is 2.67. The second-order valence-corrected chi connectivity index (χ2v) is 5.81. The van der Waals surface area contributed by atoms with E-state index in [0.717, 1.165) is 51.6 Å². The van der Waals surface area contributed by atoms with E-state index in [4.69, 9.17) is 9.47 Å². The van der Waals surface area contributed by atoms with Crippen LogP contribution in [0.3, 0.4) is 0 Å². The van der Waals surface area contributed by atoms with Crippen molar-refractivity contribution in [1.29, 1.82) is 0 Å². The number of rotatable bonds is 8. The molecule has 1 unspecified atom stereocenters. The van der Waals surface area contributed by atoms with Gasteiger partial charge in [0.25, 0.3) is 0 Å². The minimum Gasteiger partial charge on any atom is -0.466 e. The summed E-state index contributed by atoms with van der Waals surface area (Å²) >= 11 is 0. The van der Waals surface area contributed by atoms with E-state index in [9.17, 15) is 4.79 Å². The number of carbonyl (C=O) groups excluding carboxylic acids is 1. The molecule has 0 aromatic carbocycles. The van der Waals surface area contributed by atoms with Gasteiger partial charge in [-0.15, -0.1) is 24.0 Å². The lowest BCUT2D eigenvalue weighted by Crippen LogP contribution is -2.49. The van der Waals surface area contributed by atoms with Gasteiger partial charge in [-0.05, 0) is 26.8 Å². The minimum absolute atomic E-state index is 0. The molecule has 0 bridgehead atoms. The molecule has 0 saturated carbocycles. The van der Waals surface area contributed by atoms with E-state index in [0.29, 0.717) is 13.2 Å². The number of likely N-dealkylation sites (N-methyl/N-ethyl adjacent to an activating group) is 1. The third kappa shape index (κ3) is 8.48. The second kappa shape index (κ2) is 13.7. The molecule has 1 fully saturated rings. The highest BCUT2D eigenvalue weighted by molar-refractivity contribution is 14.0. The number of nitrogens with one attached hydrogen (secondary N) is 1. The first-order valence-corrected chi connectivity index (χ1v) is 8.42. The van der Waals surface area contributed by atoms with E-state index >= 15 is 0 Å². The van der Waals surface area contributed by atoms with E-state index in [1.807, 2.05) is 6.92 Å². The van der Waals surface area contributed by atoms with Crippen molar-refractivity contribution in [3.05, 3.63) is 0 Å². The first-order chi connectivity index (χ1) is 11.1. The summed E-state index contributed by atoms with van der Waals surface area (Å²) in [6.45, 7) is 7.26. The molecule has 1 atom stereocenters. The van der Waals surface area contributed by atoms with Crippen molar-refractivity contribution in [1.82, 2.24) is 15.1 Å².